The SMILES string of the molecule is CCc1ccc(O)cc1C12CCN(CC3CC3)C(C)C13CCC1C2[C@@H](CN1C(=O)[C@H]1CCC(=O)N1)C3. The molecule has 2 bridgehead atoms. The molecule has 3 saturated carbocycles. The second-order valence-corrected chi connectivity index (χ2v) is 12.9. The first-order valence-corrected chi connectivity index (χ1v) is 14.5. The van der Waals surface area contributed by atoms with Crippen LogP contribution in [0.25, 0.3) is 0 Å². The summed E-state index contributed by atoms with van der Waals surface area (Å²) in [5.41, 5.74) is 2.94. The van der Waals surface area contributed by atoms with Gasteiger partial charge in [0.05, 0.1) is 0 Å². The maximum absolute atomic E-state index is 13.7. The van der Waals surface area contributed by atoms with Crippen molar-refractivity contribution < 1.29 is 14.7 Å². The van der Waals surface area contributed by atoms with Crippen molar-refractivity contribution in [3.05, 3.63) is 29.3 Å². The summed E-state index contributed by atoms with van der Waals surface area (Å²) in [6, 6.07) is 6.53. The molecule has 2 amide bonds. The summed E-state index contributed by atoms with van der Waals surface area (Å²) in [4.78, 5) is 30.6. The standard InChI is InChI=1S/C30H41N3O3/c1-3-20-6-7-22(34)14-23(20)30-12-13-32(16-19-4-5-19)18(2)29(30)11-10-25-27(30)21(15-29)17-33(25)28(36)24-8-9-26(35)31-24/h6-7,14,18-19,21,24-25,27,34H,3-5,8-13,15-17H2,1-2H3,(H,31,35)/t18?,21-,24-,25?,27?,29?,30?/m1/s1. The number of nitrogens with one attached hydrogen (secondary N) is 1. The molecule has 6 nitrogen and oxygen atoms in total. The van der Waals surface area contributed by atoms with Gasteiger partial charge in [-0.1, -0.05) is 13.0 Å². The molecule has 194 valence electrons. The van der Waals surface area contributed by atoms with E-state index in [9.17, 15) is 14.7 Å². The molecule has 5 unspecified atom stereocenters. The molecule has 1 aromatic rings. The van der Waals surface area contributed by atoms with Crippen LogP contribution in [0.3, 0.4) is 0 Å². The molecule has 1 aromatic carbocycles. The molecule has 6 heteroatoms. The van der Waals surface area contributed by atoms with E-state index in [1.807, 2.05) is 6.07 Å². The fourth-order valence-corrected chi connectivity index (χ4v) is 10.0. The van der Waals surface area contributed by atoms with Crippen molar-refractivity contribution in [2.24, 2.45) is 23.2 Å². The van der Waals surface area contributed by atoms with Gasteiger partial charge in [0, 0.05) is 37.0 Å². The van der Waals surface area contributed by atoms with Crippen LogP contribution in [0.15, 0.2) is 18.2 Å². The van der Waals surface area contributed by atoms with Crippen LogP contribution < -0.4 is 5.32 Å². The second kappa shape index (κ2) is 7.96. The van der Waals surface area contributed by atoms with Gasteiger partial charge in [-0.2, -0.15) is 0 Å². The highest BCUT2D eigenvalue weighted by atomic mass is 16.3. The van der Waals surface area contributed by atoms with Crippen molar-refractivity contribution in [1.82, 2.24) is 15.1 Å². The number of phenolic OH excluding ortho intramolecular Hbond substituents is 1. The third-order valence-corrected chi connectivity index (χ3v) is 11.6. The Labute approximate surface area is 214 Å². The predicted octanol–water partition coefficient (Wildman–Crippen LogP) is 3.60. The fraction of sp³-hybridized carbons (Fsp3) is 0.733. The van der Waals surface area contributed by atoms with Crippen molar-refractivity contribution in [3.63, 3.8) is 0 Å². The van der Waals surface area contributed by atoms with Gasteiger partial charge < -0.3 is 15.3 Å². The highest BCUT2D eigenvalue weighted by molar-refractivity contribution is 5.91. The third kappa shape index (κ3) is 3.00. The van der Waals surface area contributed by atoms with Crippen molar-refractivity contribution >= 4 is 11.8 Å². The minimum absolute atomic E-state index is 0.00190. The third-order valence-electron chi connectivity index (χ3n) is 11.6. The number of phenols is 1. The predicted molar refractivity (Wildman–Crippen MR) is 137 cm³/mol. The average Bonchev–Trinajstić information content (AvgIpc) is 3.39. The van der Waals surface area contributed by atoms with Crippen LogP contribution in [-0.2, 0) is 21.4 Å². The first kappa shape index (κ1) is 23.1. The Morgan fingerprint density at radius 3 is 2.75 bits per heavy atom. The van der Waals surface area contributed by atoms with Gasteiger partial charge in [-0.25, -0.2) is 0 Å². The van der Waals surface area contributed by atoms with Crippen LogP contribution in [0, 0.1) is 23.2 Å². The number of hydrogen-bond acceptors (Lipinski definition) is 4. The molecule has 7 rings (SSSR count). The molecule has 0 spiro atoms. The normalized spacial score (nSPS) is 41.4. The Bertz CT molecular complexity index is 1100. The summed E-state index contributed by atoms with van der Waals surface area (Å²) in [6.07, 6.45) is 9.34. The summed E-state index contributed by atoms with van der Waals surface area (Å²) in [7, 11) is 0. The van der Waals surface area contributed by atoms with Gasteiger partial charge in [0.15, 0.2) is 0 Å². The van der Waals surface area contributed by atoms with Gasteiger partial charge in [-0.3, -0.25) is 14.5 Å². The molecule has 6 aliphatic rings. The number of aryl methyl sites for hydroxylation is 1. The lowest BCUT2D eigenvalue weighted by Crippen LogP contribution is -2.67. The molecule has 7 atom stereocenters. The van der Waals surface area contributed by atoms with Gasteiger partial charge in [-0.05, 0) is 111 Å². The van der Waals surface area contributed by atoms with E-state index in [0.29, 0.717) is 36.5 Å². The molecule has 0 radical (unpaired) electrons. The minimum atomic E-state index is -0.342. The van der Waals surface area contributed by atoms with Gasteiger partial charge in [0.1, 0.15) is 11.8 Å². The molecule has 6 fully saturated rings. The zero-order valence-electron chi connectivity index (χ0n) is 21.8. The van der Waals surface area contributed by atoms with Gasteiger partial charge in [-0.15, -0.1) is 0 Å². The van der Waals surface area contributed by atoms with Gasteiger partial charge in [0.2, 0.25) is 11.8 Å². The van der Waals surface area contributed by atoms with Crippen LogP contribution in [0.1, 0.15) is 76.3 Å². The van der Waals surface area contributed by atoms with Gasteiger partial charge >= 0.3 is 0 Å². The number of likely N-dealkylation sites (tertiary alicyclic amines) is 2. The fourth-order valence-electron chi connectivity index (χ4n) is 10.0. The van der Waals surface area contributed by atoms with Crippen LogP contribution in [0.4, 0.5) is 0 Å². The van der Waals surface area contributed by atoms with E-state index >= 15 is 0 Å². The minimum Gasteiger partial charge on any atom is -0.508 e. The van der Waals surface area contributed by atoms with E-state index in [1.165, 1.54) is 36.9 Å². The van der Waals surface area contributed by atoms with Crippen molar-refractivity contribution in [1.29, 1.82) is 0 Å². The molecule has 3 heterocycles. The molecule has 2 N–H and O–H groups in total. The lowest BCUT2D eigenvalue weighted by Gasteiger charge is -2.63. The Hall–Kier alpha value is -2.08. The molecule has 3 aliphatic heterocycles. The summed E-state index contributed by atoms with van der Waals surface area (Å²) in [6.45, 7) is 7.93. The number of aromatic hydroxyl groups is 1. The number of rotatable bonds is 5. The van der Waals surface area contributed by atoms with E-state index in [-0.39, 0.29) is 34.7 Å². The van der Waals surface area contributed by atoms with Crippen LogP contribution in [-0.4, -0.2) is 64.5 Å². The Morgan fingerprint density at radius 1 is 1.19 bits per heavy atom. The number of piperidine rings is 1. The van der Waals surface area contributed by atoms with Crippen LogP contribution in [0.2, 0.25) is 0 Å². The maximum atomic E-state index is 13.7. The van der Waals surface area contributed by atoms with Gasteiger partial charge in [0.25, 0.3) is 0 Å². The smallest absolute Gasteiger partial charge is 0.245 e. The largest absolute Gasteiger partial charge is 0.508 e. The summed E-state index contributed by atoms with van der Waals surface area (Å²) < 4.78 is 0. The maximum Gasteiger partial charge on any atom is 0.245 e. The zero-order valence-corrected chi connectivity index (χ0v) is 21.8. The Balaban J connectivity index is 1.32. The molecular formula is C30H41N3O3. The first-order valence-electron chi connectivity index (χ1n) is 14.5. The Kier molecular flexibility index (Phi) is 5.10. The number of benzene rings is 1. The summed E-state index contributed by atoms with van der Waals surface area (Å²) >= 11 is 0. The summed E-state index contributed by atoms with van der Waals surface area (Å²) in [5.74, 6) is 2.35. The zero-order chi connectivity index (χ0) is 24.8. The highest BCUT2D eigenvalue weighted by Gasteiger charge is 2.74. The summed E-state index contributed by atoms with van der Waals surface area (Å²) in [5, 5.41) is 13.7. The van der Waals surface area contributed by atoms with E-state index in [4.69, 9.17) is 0 Å². The van der Waals surface area contributed by atoms with E-state index in [0.717, 1.165) is 44.7 Å². The molecular weight excluding hydrogens is 450 g/mol. The first-order chi connectivity index (χ1) is 17.4. The van der Waals surface area contributed by atoms with E-state index in [2.05, 4.69) is 41.1 Å². The molecule has 3 aliphatic carbocycles. The average molecular weight is 492 g/mol. The Morgan fingerprint density at radius 2 is 2.03 bits per heavy atom. The highest BCUT2D eigenvalue weighted by Crippen LogP contribution is 2.73. The number of carbonyl (C=O) groups excluding carboxylic acids is 2. The molecule has 3 saturated heterocycles. The monoisotopic (exact) mass is 491 g/mol. The quantitative estimate of drug-likeness (QED) is 0.660. The lowest BCUT2D eigenvalue weighted by molar-refractivity contribution is -0.140. The van der Waals surface area contributed by atoms with Crippen molar-refractivity contribution in [2.75, 3.05) is 19.6 Å². The molecule has 0 aromatic heterocycles. The van der Waals surface area contributed by atoms with Crippen LogP contribution >= 0.6 is 0 Å². The number of carbonyl (C=O) groups is 2. The number of nitrogens with zero attached hydrogens (tertiary/aromatic N) is 2. The lowest BCUT2D eigenvalue weighted by atomic mass is 9.46. The van der Waals surface area contributed by atoms with Crippen molar-refractivity contribution in [2.45, 2.75) is 95.2 Å². The number of amides is 2. The molecule has 36 heavy (non-hydrogen) atoms. The van der Waals surface area contributed by atoms with E-state index in [1.54, 1.807) is 0 Å². The van der Waals surface area contributed by atoms with E-state index < -0.39 is 0 Å². The van der Waals surface area contributed by atoms with Crippen molar-refractivity contribution in [3.8, 4) is 5.75 Å². The van der Waals surface area contributed by atoms with Crippen LogP contribution in [0.5, 0.6) is 5.75 Å². The number of hydrogen-bond donors (Lipinski definition) is 2. The topological polar surface area (TPSA) is 72.9 Å². The second-order valence-electron chi connectivity index (χ2n) is 12.9.